The molecule has 2 aliphatic heterocycles. The quantitative estimate of drug-likeness (QED) is 0.155. The van der Waals surface area contributed by atoms with E-state index in [1.54, 1.807) is 13.8 Å². The summed E-state index contributed by atoms with van der Waals surface area (Å²) in [5, 5.41) is 21.9. The molecule has 4 aromatic rings. The van der Waals surface area contributed by atoms with Crippen molar-refractivity contribution in [3.63, 3.8) is 0 Å². The van der Waals surface area contributed by atoms with Gasteiger partial charge in [0.2, 0.25) is 11.2 Å². The van der Waals surface area contributed by atoms with E-state index in [0.717, 1.165) is 33.0 Å². The van der Waals surface area contributed by atoms with Crippen molar-refractivity contribution in [1.29, 1.82) is 0 Å². The van der Waals surface area contributed by atoms with Gasteiger partial charge in [0.15, 0.2) is 0 Å². The Morgan fingerprint density at radius 2 is 1.35 bits per heavy atom. The number of hydrogen-bond acceptors (Lipinski definition) is 9. The number of carboxylic acids is 1. The second-order valence-electron chi connectivity index (χ2n) is 11.7. The summed E-state index contributed by atoms with van der Waals surface area (Å²) in [6.45, 7) is 8.26. The lowest BCUT2D eigenvalue weighted by Gasteiger charge is -2.27. The number of fused-ring (bicyclic) bond motifs is 2. The SMILES string of the molecule is CCC1C(COc2cccc3ccccc23)=NOC1(CC)C(=O)O.CCOC(=O)C1(CC)CC(COc2cccc3ccccc23)=NO1. The number of rotatable bonds is 12. The van der Waals surface area contributed by atoms with Crippen molar-refractivity contribution >= 4 is 44.9 Å². The molecule has 0 radical (unpaired) electrons. The Hall–Kier alpha value is -5.12. The van der Waals surface area contributed by atoms with Gasteiger partial charge in [0, 0.05) is 17.2 Å². The van der Waals surface area contributed by atoms with E-state index < -0.39 is 17.2 Å². The highest BCUT2D eigenvalue weighted by atomic mass is 16.7. The molecule has 2 heterocycles. The van der Waals surface area contributed by atoms with Gasteiger partial charge in [-0.15, -0.1) is 0 Å². The molecule has 10 nitrogen and oxygen atoms in total. The van der Waals surface area contributed by atoms with Gasteiger partial charge < -0.3 is 29.0 Å². The topological polar surface area (TPSA) is 125 Å². The van der Waals surface area contributed by atoms with E-state index in [-0.39, 0.29) is 25.1 Å². The summed E-state index contributed by atoms with van der Waals surface area (Å²) < 4.78 is 17.0. The zero-order chi connectivity index (χ0) is 34.1. The molecule has 0 saturated heterocycles. The molecule has 6 rings (SSSR count). The van der Waals surface area contributed by atoms with Crippen LogP contribution in [0.2, 0.25) is 0 Å². The molecule has 3 atom stereocenters. The first-order valence-corrected chi connectivity index (χ1v) is 16.4. The van der Waals surface area contributed by atoms with Gasteiger partial charge in [-0.25, -0.2) is 9.59 Å². The lowest BCUT2D eigenvalue weighted by molar-refractivity contribution is -0.169. The van der Waals surface area contributed by atoms with Crippen molar-refractivity contribution in [3.05, 3.63) is 84.9 Å². The number of carbonyl (C=O) groups excluding carboxylic acids is 1. The van der Waals surface area contributed by atoms with Crippen LogP contribution >= 0.6 is 0 Å². The molecule has 0 bridgehead atoms. The smallest absolute Gasteiger partial charge is 0.353 e. The minimum absolute atomic E-state index is 0.224. The normalized spacial score (nSPS) is 21.3. The van der Waals surface area contributed by atoms with E-state index in [2.05, 4.69) is 10.3 Å². The third-order valence-electron chi connectivity index (χ3n) is 8.91. The van der Waals surface area contributed by atoms with Crippen LogP contribution in [0.1, 0.15) is 53.4 Å². The summed E-state index contributed by atoms with van der Waals surface area (Å²) >= 11 is 0. The standard InChI is InChI=1S/2C19H21NO4/c1-3-19(18(21)22-4-2)12-15(20-24-19)13-23-17-11-7-9-14-8-5-6-10-16(14)17;1-3-15-16(20-24-19(15,4-2)18(21)22)12-23-17-11-7-9-13-8-5-6-10-14(13)17/h5-11H,3-4,12-13H2,1-2H3;5-11,15H,3-4,12H2,1-2H3,(H,21,22). The number of benzene rings is 4. The van der Waals surface area contributed by atoms with Crippen LogP contribution in [-0.2, 0) is 24.0 Å². The maximum absolute atomic E-state index is 12.1. The molecule has 0 saturated carbocycles. The zero-order valence-electron chi connectivity index (χ0n) is 27.8. The number of hydrogen-bond donors (Lipinski definition) is 1. The van der Waals surface area contributed by atoms with Crippen LogP contribution in [0.3, 0.4) is 0 Å². The van der Waals surface area contributed by atoms with Crippen LogP contribution in [0.4, 0.5) is 0 Å². The van der Waals surface area contributed by atoms with Crippen molar-refractivity contribution < 1.29 is 38.6 Å². The largest absolute Gasteiger partial charge is 0.487 e. The van der Waals surface area contributed by atoms with Crippen molar-refractivity contribution in [1.82, 2.24) is 0 Å². The van der Waals surface area contributed by atoms with E-state index in [4.69, 9.17) is 23.9 Å². The number of oxime groups is 2. The predicted molar refractivity (Wildman–Crippen MR) is 185 cm³/mol. The maximum atomic E-state index is 12.1. The van der Waals surface area contributed by atoms with E-state index >= 15 is 0 Å². The Morgan fingerprint density at radius 1 is 0.771 bits per heavy atom. The number of carbonyl (C=O) groups is 2. The molecule has 2 aliphatic rings. The number of nitrogens with zero attached hydrogens (tertiary/aromatic N) is 2. The molecule has 1 N–H and O–H groups in total. The van der Waals surface area contributed by atoms with Crippen LogP contribution < -0.4 is 9.47 Å². The molecule has 0 aliphatic carbocycles. The highest BCUT2D eigenvalue weighted by Gasteiger charge is 2.53. The molecule has 0 amide bonds. The molecule has 10 heteroatoms. The number of aliphatic carboxylic acids is 1. The van der Waals surface area contributed by atoms with Gasteiger partial charge in [-0.05, 0) is 49.1 Å². The summed E-state index contributed by atoms with van der Waals surface area (Å²) in [4.78, 5) is 34.6. The van der Waals surface area contributed by atoms with Crippen molar-refractivity contribution in [2.45, 2.75) is 64.6 Å². The zero-order valence-corrected chi connectivity index (χ0v) is 27.8. The van der Waals surface area contributed by atoms with Crippen LogP contribution in [0, 0.1) is 5.92 Å². The third kappa shape index (κ3) is 6.93. The summed E-state index contributed by atoms with van der Waals surface area (Å²) in [5.74, 6) is -0.0666. The lowest BCUT2D eigenvalue weighted by atomic mass is 9.81. The van der Waals surface area contributed by atoms with Crippen molar-refractivity contribution in [2.75, 3.05) is 19.8 Å². The molecule has 3 unspecified atom stereocenters. The van der Waals surface area contributed by atoms with Crippen molar-refractivity contribution in [2.24, 2.45) is 16.2 Å². The van der Waals surface area contributed by atoms with E-state index in [1.165, 1.54) is 0 Å². The highest BCUT2D eigenvalue weighted by Crippen LogP contribution is 2.37. The third-order valence-corrected chi connectivity index (χ3v) is 8.91. The molecule has 4 aromatic carbocycles. The summed E-state index contributed by atoms with van der Waals surface area (Å²) in [5.41, 5.74) is -0.924. The van der Waals surface area contributed by atoms with Crippen LogP contribution in [0.25, 0.3) is 21.5 Å². The molecule has 48 heavy (non-hydrogen) atoms. The summed E-state index contributed by atoms with van der Waals surface area (Å²) in [7, 11) is 0. The van der Waals surface area contributed by atoms with Gasteiger partial charge in [0.25, 0.3) is 0 Å². The highest BCUT2D eigenvalue weighted by molar-refractivity contribution is 5.97. The fraction of sp³-hybridized carbons (Fsp3) is 0.368. The van der Waals surface area contributed by atoms with Gasteiger partial charge in [-0.2, -0.15) is 0 Å². The van der Waals surface area contributed by atoms with E-state index in [1.807, 2.05) is 98.8 Å². The fourth-order valence-electron chi connectivity index (χ4n) is 6.16. The predicted octanol–water partition coefficient (Wildman–Crippen LogP) is 7.57. The molecular formula is C38H42N2O8. The molecule has 0 fully saturated rings. The summed E-state index contributed by atoms with van der Waals surface area (Å²) in [6, 6.07) is 27.8. The molecule has 0 aromatic heterocycles. The van der Waals surface area contributed by atoms with Gasteiger partial charge >= 0.3 is 11.9 Å². The van der Waals surface area contributed by atoms with Gasteiger partial charge in [0.1, 0.15) is 30.4 Å². The van der Waals surface area contributed by atoms with Crippen molar-refractivity contribution in [3.8, 4) is 11.5 Å². The van der Waals surface area contributed by atoms with Crippen LogP contribution in [0.5, 0.6) is 11.5 Å². The lowest BCUT2D eigenvalue weighted by Crippen LogP contribution is -2.46. The Balaban J connectivity index is 0.000000188. The Kier molecular flexibility index (Phi) is 10.8. The Labute approximate surface area is 280 Å². The summed E-state index contributed by atoms with van der Waals surface area (Å²) in [6.07, 6.45) is 1.90. The van der Waals surface area contributed by atoms with Gasteiger partial charge in [-0.3, -0.25) is 0 Å². The average Bonchev–Trinajstić information content (AvgIpc) is 3.72. The maximum Gasteiger partial charge on any atom is 0.353 e. The number of ether oxygens (including phenoxy) is 3. The van der Waals surface area contributed by atoms with E-state index in [9.17, 15) is 14.7 Å². The second-order valence-corrected chi connectivity index (χ2v) is 11.7. The number of carboxylic acid groups (broad SMARTS) is 1. The van der Waals surface area contributed by atoms with Gasteiger partial charge in [-0.1, -0.05) is 104 Å². The molecule has 252 valence electrons. The monoisotopic (exact) mass is 654 g/mol. The van der Waals surface area contributed by atoms with Gasteiger partial charge in [0.05, 0.1) is 18.2 Å². The first kappa shape index (κ1) is 34.2. The Bertz CT molecular complexity index is 1810. The minimum Gasteiger partial charge on any atom is -0.487 e. The first-order valence-electron chi connectivity index (χ1n) is 16.4. The van der Waals surface area contributed by atoms with E-state index in [0.29, 0.717) is 43.7 Å². The first-order chi connectivity index (χ1) is 23.3. The second kappa shape index (κ2) is 15.2. The molecule has 0 spiro atoms. The van der Waals surface area contributed by atoms with Crippen LogP contribution in [-0.4, -0.2) is 59.5 Å². The Morgan fingerprint density at radius 3 is 1.90 bits per heavy atom. The average molecular weight is 655 g/mol. The molecular weight excluding hydrogens is 612 g/mol. The fourth-order valence-corrected chi connectivity index (χ4v) is 6.16. The van der Waals surface area contributed by atoms with Crippen LogP contribution in [0.15, 0.2) is 95.2 Å². The minimum atomic E-state index is -1.27. The number of esters is 1.